The molecule has 40 heteroatoms. The Morgan fingerprint density at radius 3 is 1.42 bits per heavy atom. The van der Waals surface area contributed by atoms with Gasteiger partial charge in [-0.25, -0.2) is 49.8 Å². The second-order valence-corrected chi connectivity index (χ2v) is 23.8. The molecule has 0 unspecified atom stereocenters. The molecule has 0 aliphatic carbocycles. The van der Waals surface area contributed by atoms with E-state index in [1.165, 1.54) is 60.6 Å². The number of aryl methyl sites for hydroxylation is 4. The molecule has 0 amide bonds. The number of alkyl halides is 3. The number of rotatable bonds is 11. The first-order valence-electron chi connectivity index (χ1n) is 30.6. The second-order valence-electron chi connectivity index (χ2n) is 20.9. The van der Waals surface area contributed by atoms with Gasteiger partial charge >= 0.3 is 144 Å². The number of nitrogens with two attached hydrogens (primary N) is 3. The molecule has 10 heterocycles. The largest absolute Gasteiger partial charge is 1.00 e. The van der Waals surface area contributed by atoms with Crippen LogP contribution in [0.3, 0.4) is 0 Å². The average Bonchev–Trinajstić information content (AvgIpc) is 1.62. The molecule has 562 valence electrons. The number of imidazole rings is 3. The number of carboxylic acid groups (broad SMARTS) is 1. The number of hydrogen-bond acceptors (Lipinski definition) is 24. The van der Waals surface area contributed by atoms with Gasteiger partial charge in [-0.3, -0.25) is 18.7 Å². The topological polar surface area (TPSA) is 430 Å². The third-order valence-electron chi connectivity index (χ3n) is 12.7. The summed E-state index contributed by atoms with van der Waals surface area (Å²) in [6, 6.07) is 34.3. The number of hydrogen-bond donors (Lipinski definition) is 6. The van der Waals surface area contributed by atoms with E-state index in [2.05, 4.69) is 71.1 Å². The smallest absolute Gasteiger partial charge is 1.00 e. The normalized spacial score (nSPS) is 10.1. The van der Waals surface area contributed by atoms with Gasteiger partial charge in [-0.1, -0.05) is 98.9 Å². The summed E-state index contributed by atoms with van der Waals surface area (Å²) in [5, 5.41) is 48.4. The first-order chi connectivity index (χ1) is 50.6. The number of nitrogen functional groups attached to an aromatic ring is 3. The molecule has 0 bridgehead atoms. The second kappa shape index (κ2) is 49.6. The predicted molar refractivity (Wildman–Crippen MR) is 403 cm³/mol. The third-order valence-corrected chi connectivity index (χ3v) is 14.1. The maximum Gasteiger partial charge on any atom is 1.00 e. The van der Waals surface area contributed by atoms with Gasteiger partial charge < -0.3 is 58.4 Å². The SMILES string of the molecule is CC(=O)O.CCOC(C)(OCC)OCC.Cc1ccc(N)cc1.Cc1nc2ncc(Cl)cc2[nH]1.Cc1nc2ncc(Cl)cc2n1-c1cc(C#N)cc(Cl)n1.Cc1nc2ncc(Cl)cc2n1-c1cc(C#N)cc(Nc2ccc(C(F)(F)F)cc2)n1.N#Cc1cc(Cl)nc(Cl)c1.Nc1cc(Cl)cnc1N.O=CO[O-].[Cs+].[Cs+].[H-]. The molecule has 109 heavy (non-hydrogen) atoms. The monoisotopic (exact) mass is 1870 g/mol. The minimum absolute atomic E-state index is 0. The van der Waals surface area contributed by atoms with Gasteiger partial charge in [0.1, 0.15) is 56.2 Å². The van der Waals surface area contributed by atoms with E-state index in [0.717, 1.165) is 36.1 Å². The summed E-state index contributed by atoms with van der Waals surface area (Å²) in [4.78, 5) is 64.6. The zero-order chi connectivity index (χ0) is 79.7. The average molecular weight is 1870 g/mol. The maximum absolute atomic E-state index is 12.8. The zero-order valence-corrected chi connectivity index (χ0v) is 77.8. The number of fused-ring (bicyclic) bond motifs is 3. The number of carboxylic acids is 1. The van der Waals surface area contributed by atoms with Crippen LogP contribution in [0.5, 0.6) is 0 Å². The molecule has 0 spiro atoms. The van der Waals surface area contributed by atoms with Crippen molar-refractivity contribution in [3.63, 3.8) is 0 Å². The van der Waals surface area contributed by atoms with Crippen LogP contribution in [0.4, 0.5) is 41.9 Å². The van der Waals surface area contributed by atoms with Crippen molar-refractivity contribution in [2.75, 3.05) is 42.3 Å². The Labute approximate surface area is 777 Å². The fourth-order valence-corrected chi connectivity index (χ4v) is 9.75. The summed E-state index contributed by atoms with van der Waals surface area (Å²) in [7, 11) is 0. The molecule has 28 nitrogen and oxygen atoms in total. The van der Waals surface area contributed by atoms with Crippen molar-refractivity contribution in [2.24, 2.45) is 0 Å². The van der Waals surface area contributed by atoms with Crippen molar-refractivity contribution in [3.05, 3.63) is 215 Å². The van der Waals surface area contributed by atoms with Gasteiger partial charge in [0.25, 0.3) is 18.4 Å². The third kappa shape index (κ3) is 34.4. The van der Waals surface area contributed by atoms with Crippen molar-refractivity contribution in [1.82, 2.24) is 64.0 Å². The van der Waals surface area contributed by atoms with Crippen molar-refractivity contribution < 1.29 is 191 Å². The zero-order valence-electron chi connectivity index (χ0n) is 60.9. The van der Waals surface area contributed by atoms with Gasteiger partial charge in [-0.05, 0) is 146 Å². The first-order valence-corrected chi connectivity index (χ1v) is 33.3. The van der Waals surface area contributed by atoms with Crippen LogP contribution in [0, 0.1) is 61.7 Å². The molecule has 0 aliphatic heterocycles. The van der Waals surface area contributed by atoms with Crippen molar-refractivity contribution in [2.45, 2.75) is 74.5 Å². The number of pyridine rings is 7. The van der Waals surface area contributed by atoms with E-state index in [1.54, 1.807) is 59.5 Å². The summed E-state index contributed by atoms with van der Waals surface area (Å²) in [5.41, 5.74) is 23.3. The van der Waals surface area contributed by atoms with E-state index in [9.17, 15) is 18.4 Å². The molecule has 0 aliphatic rings. The standard InChI is InChI=1S/C20H12ClF3N6.C13H7Cl2N5.C8H18O3.C7H6ClN3.C7H9N.C6H2Cl2N2.C5H6ClN3.C2H4O2.CH2O3.2Cs.H/c1-11-27-19-16(8-14(21)10-26-19)30(11)18-7-12(9-25)6-17(29-18)28-15-4-2-13(3-5-15)20(22,23)24;1-7-18-13-10(4-9(14)6-17-13)20(7)12-3-8(5-16)2-11(15)19-12;1-5-9-8(4,10-6-2)11-7-3;1-4-10-6-2-5(8)3-9-7(6)11-4;1-6-2-4-7(8)5-3-6;7-5-1-4(3-9)2-6(8)10-5;6-3-1-4(7)5(8)9-2-3;1-2(3)4;2-1-4-3;;;/h2-8,10H,1H3,(H,28,29);2-4,6H,1H3;5-7H2,1-4H3;2-3H,1H3,(H,9,10,11);2-5H,8H2,1H3;1-2H;1-2H,7H2,(H2,8,9);1H3,(H,3,4);1,3H;;;/q;;;;;;;;;2*+1;-1/p-1. The van der Waals surface area contributed by atoms with E-state index in [1.807, 2.05) is 84.0 Å². The van der Waals surface area contributed by atoms with Crippen molar-refractivity contribution >= 4 is 156 Å². The number of nitrogens with zero attached hydrogens (tertiary/aromatic N) is 15. The van der Waals surface area contributed by atoms with Crippen LogP contribution in [-0.4, -0.2) is 107 Å². The Hall–Kier alpha value is -6.73. The van der Waals surface area contributed by atoms with Gasteiger partial charge in [-0.2, -0.15) is 29.0 Å². The maximum atomic E-state index is 12.8. The Balaban J connectivity index is 0.000000662. The van der Waals surface area contributed by atoms with Gasteiger partial charge in [0.2, 0.25) is 0 Å². The van der Waals surface area contributed by atoms with Gasteiger partial charge in [0.15, 0.2) is 16.9 Å². The number of nitrogens with one attached hydrogen (secondary N) is 2. The summed E-state index contributed by atoms with van der Waals surface area (Å²) in [5.74, 6) is 1.97. The summed E-state index contributed by atoms with van der Waals surface area (Å²) in [6.07, 6.45) is 1.64. The van der Waals surface area contributed by atoms with Gasteiger partial charge in [0, 0.05) is 69.8 Å². The number of aromatic nitrogens is 13. The fourth-order valence-electron chi connectivity index (χ4n) is 8.46. The Bertz CT molecular complexity index is 5020. The number of carbonyl (C=O) groups excluding carboxylic acids is 1. The molecule has 0 saturated heterocycles. The van der Waals surface area contributed by atoms with Crippen molar-refractivity contribution in [3.8, 4) is 29.8 Å². The molecular formula is C69H66Cl7Cs2F3N20O8. The molecule has 10 aromatic heterocycles. The van der Waals surface area contributed by atoms with Crippen LogP contribution in [0.1, 0.15) is 81.3 Å². The number of carbonyl (C=O) groups is 2. The number of halogens is 10. The van der Waals surface area contributed by atoms with Crippen LogP contribution < -0.4 is 166 Å². The predicted octanol–water partition coefficient (Wildman–Crippen LogP) is 9.79. The van der Waals surface area contributed by atoms with Crippen LogP contribution in [0.2, 0.25) is 35.5 Å². The molecule has 0 saturated carbocycles. The quantitative estimate of drug-likeness (QED) is 0.0175. The molecule has 2 aromatic carbocycles. The minimum atomic E-state index is -4.42. The number of ether oxygens (including phenoxy) is 3. The van der Waals surface area contributed by atoms with Crippen LogP contribution in [0.15, 0.2) is 134 Å². The Morgan fingerprint density at radius 2 is 1.01 bits per heavy atom. The van der Waals surface area contributed by atoms with E-state index in [0.29, 0.717) is 131 Å². The number of H-pyrrole nitrogens is 1. The number of aliphatic carboxylic acids is 1. The van der Waals surface area contributed by atoms with Crippen LogP contribution >= 0.6 is 81.2 Å². The summed E-state index contributed by atoms with van der Waals surface area (Å²) in [6.45, 7) is 17.7. The molecular weight excluding hydrogens is 1810 g/mol. The summed E-state index contributed by atoms with van der Waals surface area (Å²) < 4.78 is 57.5. The van der Waals surface area contributed by atoms with E-state index >= 15 is 0 Å². The van der Waals surface area contributed by atoms with Gasteiger partial charge in [-0.15, -0.1) is 0 Å². The fraction of sp³-hybridized carbons (Fsp3) is 0.203. The number of benzene rings is 2. The molecule has 0 radical (unpaired) electrons. The van der Waals surface area contributed by atoms with Crippen molar-refractivity contribution in [1.29, 1.82) is 15.8 Å². The van der Waals surface area contributed by atoms with E-state index in [-0.39, 0.29) is 161 Å². The Kier molecular flexibility index (Phi) is 44.8. The van der Waals surface area contributed by atoms with Crippen LogP contribution in [-0.2, 0) is 34.9 Å². The number of aromatic amines is 1. The van der Waals surface area contributed by atoms with E-state index < -0.39 is 23.7 Å². The summed E-state index contributed by atoms with van der Waals surface area (Å²) >= 11 is 40.2. The molecule has 12 aromatic rings. The molecule has 0 atom stereocenters. The number of nitriles is 3. The molecule has 0 fully saturated rings. The van der Waals surface area contributed by atoms with Gasteiger partial charge in [0.05, 0.1) is 82.8 Å². The molecule has 12 rings (SSSR count). The molecule has 9 N–H and O–H groups in total. The Morgan fingerprint density at radius 1 is 0.606 bits per heavy atom. The minimum Gasteiger partial charge on any atom is -1.00 e. The van der Waals surface area contributed by atoms with Crippen LogP contribution in [0.25, 0.3) is 45.1 Å². The number of anilines is 5. The van der Waals surface area contributed by atoms with E-state index in [4.69, 9.17) is 143 Å². The first kappa shape index (κ1) is 98.4.